The molecule has 0 spiro atoms. The number of carbonyl (C=O) groups excluding carboxylic acids is 3. The lowest BCUT2D eigenvalue weighted by Crippen LogP contribution is -2.44. The molecule has 0 radical (unpaired) electrons. The lowest BCUT2D eigenvalue weighted by Gasteiger charge is -2.32. The van der Waals surface area contributed by atoms with Gasteiger partial charge in [0.25, 0.3) is 11.5 Å². The zero-order valence-corrected chi connectivity index (χ0v) is 18.6. The molecule has 1 aromatic carbocycles. The number of aromatic nitrogens is 1. The Labute approximate surface area is 187 Å². The molecule has 0 atom stereocenters. The van der Waals surface area contributed by atoms with Crippen LogP contribution in [0.5, 0.6) is 0 Å². The number of nitrogens with one attached hydrogen (secondary N) is 2. The van der Waals surface area contributed by atoms with Crippen LogP contribution in [0.3, 0.4) is 0 Å². The molecule has 0 unspecified atom stereocenters. The molecule has 2 heterocycles. The topological polar surface area (TPSA) is 104 Å². The highest BCUT2D eigenvalue weighted by Gasteiger charge is 2.26. The molecular weight excluding hydrogens is 410 g/mol. The van der Waals surface area contributed by atoms with Crippen molar-refractivity contribution >= 4 is 29.1 Å². The van der Waals surface area contributed by atoms with Gasteiger partial charge in [-0.2, -0.15) is 0 Å². The molecule has 32 heavy (non-hydrogen) atoms. The minimum absolute atomic E-state index is 0.161. The number of anilines is 2. The Hall–Kier alpha value is -3.62. The number of hydrogen-bond acceptors (Lipinski definition) is 5. The summed E-state index contributed by atoms with van der Waals surface area (Å²) in [4.78, 5) is 52.7. The van der Waals surface area contributed by atoms with Crippen LogP contribution in [0.1, 0.15) is 23.2 Å². The molecule has 9 heteroatoms. The van der Waals surface area contributed by atoms with Gasteiger partial charge in [0.15, 0.2) is 0 Å². The Morgan fingerprint density at radius 1 is 1.03 bits per heavy atom. The number of hydrogen-bond donors (Lipinski definition) is 2. The van der Waals surface area contributed by atoms with Gasteiger partial charge in [-0.25, -0.2) is 0 Å². The van der Waals surface area contributed by atoms with Crippen LogP contribution in [0.25, 0.3) is 0 Å². The normalized spacial score (nSPS) is 14.0. The van der Waals surface area contributed by atoms with E-state index in [0.717, 1.165) is 5.69 Å². The van der Waals surface area contributed by atoms with Gasteiger partial charge < -0.3 is 25.0 Å². The second-order valence-corrected chi connectivity index (χ2v) is 8.18. The summed E-state index contributed by atoms with van der Waals surface area (Å²) in [5, 5.41) is 5.27. The summed E-state index contributed by atoms with van der Waals surface area (Å²) >= 11 is 0. The number of pyridine rings is 1. The van der Waals surface area contributed by atoms with Gasteiger partial charge in [-0.3, -0.25) is 19.2 Å². The first-order chi connectivity index (χ1) is 15.3. The number of piperidine rings is 1. The Morgan fingerprint density at radius 2 is 1.69 bits per heavy atom. The fourth-order valence-corrected chi connectivity index (χ4v) is 3.62. The van der Waals surface area contributed by atoms with Crippen LogP contribution < -0.4 is 21.1 Å². The average Bonchev–Trinajstić information content (AvgIpc) is 2.79. The van der Waals surface area contributed by atoms with E-state index in [1.165, 1.54) is 4.57 Å². The van der Waals surface area contributed by atoms with Gasteiger partial charge in [0.05, 0.1) is 0 Å². The van der Waals surface area contributed by atoms with E-state index in [9.17, 15) is 19.2 Å². The molecular formula is C23H29N5O4. The van der Waals surface area contributed by atoms with E-state index in [1.807, 2.05) is 31.1 Å². The molecule has 1 aliphatic heterocycles. The summed E-state index contributed by atoms with van der Waals surface area (Å²) < 4.78 is 1.39. The van der Waals surface area contributed by atoms with E-state index >= 15 is 0 Å². The Balaban J connectivity index is 1.44. The molecule has 0 aliphatic carbocycles. The quantitative estimate of drug-likeness (QED) is 0.678. The monoisotopic (exact) mass is 439 g/mol. The number of benzene rings is 1. The van der Waals surface area contributed by atoms with Crippen molar-refractivity contribution < 1.29 is 14.4 Å². The van der Waals surface area contributed by atoms with Crippen molar-refractivity contribution in [3.8, 4) is 0 Å². The van der Waals surface area contributed by atoms with Crippen molar-refractivity contribution in [1.29, 1.82) is 0 Å². The molecule has 2 aromatic rings. The van der Waals surface area contributed by atoms with E-state index in [0.29, 0.717) is 38.2 Å². The highest BCUT2D eigenvalue weighted by atomic mass is 16.2. The van der Waals surface area contributed by atoms with Gasteiger partial charge in [-0.1, -0.05) is 0 Å². The predicted octanol–water partition coefficient (Wildman–Crippen LogP) is 1.06. The van der Waals surface area contributed by atoms with Crippen molar-refractivity contribution in [2.75, 3.05) is 43.9 Å². The summed E-state index contributed by atoms with van der Waals surface area (Å²) in [5.74, 6) is -1.51. The van der Waals surface area contributed by atoms with Crippen molar-refractivity contribution in [3.05, 3.63) is 58.5 Å². The summed E-state index contributed by atoms with van der Waals surface area (Å²) in [6.07, 6.45) is 2.99. The van der Waals surface area contributed by atoms with Crippen LogP contribution in [0.4, 0.5) is 11.4 Å². The van der Waals surface area contributed by atoms with Crippen LogP contribution in [0, 0.1) is 5.92 Å². The predicted molar refractivity (Wildman–Crippen MR) is 123 cm³/mol. The highest BCUT2D eigenvalue weighted by Crippen LogP contribution is 2.18. The standard InChI is InChI=1S/C23H29N5O4/c1-26(2)18-8-6-17(7-9-18)25-21(30)20(29)24-15-16-10-13-28(14-11-16)23(32)19-5-4-12-27(3)22(19)31/h4-9,12,16H,10-11,13-15H2,1-3H3,(H,24,29)(H,25,30). The van der Waals surface area contributed by atoms with E-state index in [1.54, 1.807) is 42.4 Å². The third-order valence-electron chi connectivity index (χ3n) is 5.65. The van der Waals surface area contributed by atoms with Crippen molar-refractivity contribution in [1.82, 2.24) is 14.8 Å². The maximum atomic E-state index is 12.7. The van der Waals surface area contributed by atoms with Crippen LogP contribution in [0.15, 0.2) is 47.4 Å². The van der Waals surface area contributed by atoms with Gasteiger partial charge >= 0.3 is 11.8 Å². The first kappa shape index (κ1) is 23.1. The second-order valence-electron chi connectivity index (χ2n) is 8.18. The van der Waals surface area contributed by atoms with Gasteiger partial charge in [0.1, 0.15) is 5.56 Å². The molecule has 3 rings (SSSR count). The summed E-state index contributed by atoms with van der Waals surface area (Å²) in [7, 11) is 5.46. The SMILES string of the molecule is CN(C)c1ccc(NC(=O)C(=O)NCC2CCN(C(=O)c3cccn(C)c3=O)CC2)cc1. The van der Waals surface area contributed by atoms with Crippen LogP contribution in [-0.4, -0.2) is 60.9 Å². The number of aryl methyl sites for hydroxylation is 1. The second kappa shape index (κ2) is 10.1. The molecule has 0 saturated carbocycles. The summed E-state index contributed by atoms with van der Waals surface area (Å²) in [6, 6.07) is 10.4. The van der Waals surface area contributed by atoms with E-state index in [-0.39, 0.29) is 22.9 Å². The zero-order chi connectivity index (χ0) is 23.3. The largest absolute Gasteiger partial charge is 0.378 e. The number of likely N-dealkylation sites (tertiary alicyclic amines) is 1. The van der Waals surface area contributed by atoms with Crippen molar-refractivity contribution in [2.45, 2.75) is 12.8 Å². The maximum Gasteiger partial charge on any atom is 0.313 e. The molecule has 1 aliphatic rings. The lowest BCUT2D eigenvalue weighted by atomic mass is 9.96. The first-order valence-electron chi connectivity index (χ1n) is 10.6. The molecule has 9 nitrogen and oxygen atoms in total. The summed E-state index contributed by atoms with van der Waals surface area (Å²) in [6.45, 7) is 1.37. The zero-order valence-electron chi connectivity index (χ0n) is 18.6. The van der Waals surface area contributed by atoms with Crippen molar-refractivity contribution in [2.24, 2.45) is 13.0 Å². The Bertz CT molecular complexity index is 1040. The third-order valence-corrected chi connectivity index (χ3v) is 5.65. The highest BCUT2D eigenvalue weighted by molar-refractivity contribution is 6.39. The van der Waals surface area contributed by atoms with E-state index in [4.69, 9.17) is 0 Å². The minimum Gasteiger partial charge on any atom is -0.378 e. The van der Waals surface area contributed by atoms with Gasteiger partial charge in [-0.05, 0) is 55.2 Å². The van der Waals surface area contributed by atoms with Gasteiger partial charge in [-0.15, -0.1) is 0 Å². The number of amides is 3. The Kier molecular flexibility index (Phi) is 7.29. The van der Waals surface area contributed by atoms with Gasteiger partial charge in [0, 0.05) is 58.3 Å². The molecule has 1 saturated heterocycles. The van der Waals surface area contributed by atoms with Crippen molar-refractivity contribution in [3.63, 3.8) is 0 Å². The van der Waals surface area contributed by atoms with Crippen LogP contribution in [-0.2, 0) is 16.6 Å². The molecule has 1 fully saturated rings. The molecule has 170 valence electrons. The third kappa shape index (κ3) is 5.54. The molecule has 2 N–H and O–H groups in total. The fourth-order valence-electron chi connectivity index (χ4n) is 3.62. The smallest absolute Gasteiger partial charge is 0.313 e. The van der Waals surface area contributed by atoms with E-state index < -0.39 is 11.8 Å². The van der Waals surface area contributed by atoms with E-state index in [2.05, 4.69) is 10.6 Å². The number of rotatable bonds is 5. The fraction of sp³-hybridized carbons (Fsp3) is 0.391. The summed E-state index contributed by atoms with van der Waals surface area (Å²) in [5.41, 5.74) is 1.39. The molecule has 0 bridgehead atoms. The molecule has 1 aromatic heterocycles. The number of carbonyl (C=O) groups is 3. The lowest BCUT2D eigenvalue weighted by molar-refractivity contribution is -0.136. The Morgan fingerprint density at radius 3 is 2.31 bits per heavy atom. The van der Waals surface area contributed by atoms with Gasteiger partial charge in [0.2, 0.25) is 0 Å². The first-order valence-corrected chi connectivity index (χ1v) is 10.6. The number of nitrogens with zero attached hydrogens (tertiary/aromatic N) is 3. The molecule has 3 amide bonds. The van der Waals surface area contributed by atoms with Crippen LogP contribution in [0.2, 0.25) is 0 Å². The van der Waals surface area contributed by atoms with Crippen LogP contribution >= 0.6 is 0 Å². The average molecular weight is 440 g/mol. The maximum absolute atomic E-state index is 12.7. The minimum atomic E-state index is -0.713.